The van der Waals surface area contributed by atoms with Crippen molar-refractivity contribution >= 4 is 34.4 Å². The van der Waals surface area contributed by atoms with Gasteiger partial charge in [-0.3, -0.25) is 14.2 Å². The van der Waals surface area contributed by atoms with Gasteiger partial charge < -0.3 is 14.6 Å². The van der Waals surface area contributed by atoms with Crippen LogP contribution in [0.15, 0.2) is 64.7 Å². The predicted octanol–water partition coefficient (Wildman–Crippen LogP) is 5.03. The summed E-state index contributed by atoms with van der Waals surface area (Å²) in [7, 11) is 3.43. The second-order valence-electron chi connectivity index (χ2n) is 8.42. The maximum absolute atomic E-state index is 13.5. The predicted molar refractivity (Wildman–Crippen MR) is 138 cm³/mol. The van der Waals surface area contributed by atoms with Gasteiger partial charge in [0.1, 0.15) is 16.8 Å². The summed E-state index contributed by atoms with van der Waals surface area (Å²) in [6, 6.07) is 15.4. The highest BCUT2D eigenvalue weighted by molar-refractivity contribution is 7.99. The summed E-state index contributed by atoms with van der Waals surface area (Å²) in [4.78, 5) is 31.1. The second-order valence-corrected chi connectivity index (χ2v) is 9.36. The fourth-order valence-corrected chi connectivity index (χ4v) is 4.87. The van der Waals surface area contributed by atoms with Gasteiger partial charge in [0, 0.05) is 24.8 Å². The highest BCUT2D eigenvalue weighted by atomic mass is 32.2. The smallest absolute Gasteiger partial charge is 0.278 e. The van der Waals surface area contributed by atoms with E-state index < -0.39 is 0 Å². The molecular formula is C26H28N4O3S. The molecule has 176 valence electrons. The van der Waals surface area contributed by atoms with Crippen LogP contribution in [-0.4, -0.2) is 32.9 Å². The first-order valence-corrected chi connectivity index (χ1v) is 12.0. The molecule has 7 nitrogen and oxygen atoms in total. The number of carbonyl (C=O) groups excluding carboxylic acids is 1. The zero-order valence-electron chi connectivity index (χ0n) is 20.0. The Kier molecular flexibility index (Phi) is 6.79. The van der Waals surface area contributed by atoms with E-state index >= 15 is 0 Å². The summed E-state index contributed by atoms with van der Waals surface area (Å²) in [6.07, 6.45) is 1.93. The number of thioether (sulfide) groups is 1. The van der Waals surface area contributed by atoms with Gasteiger partial charge in [-0.05, 0) is 44.0 Å². The van der Waals surface area contributed by atoms with Crippen LogP contribution < -0.4 is 15.6 Å². The molecule has 2 aromatic heterocycles. The molecule has 1 amide bonds. The highest BCUT2D eigenvalue weighted by Gasteiger charge is 2.21. The minimum atomic E-state index is -0.199. The molecule has 4 aromatic rings. The molecule has 0 radical (unpaired) electrons. The molecule has 0 fully saturated rings. The number of hydrogen-bond donors (Lipinski definition) is 1. The molecule has 34 heavy (non-hydrogen) atoms. The lowest BCUT2D eigenvalue weighted by Crippen LogP contribution is -2.26. The first-order chi connectivity index (χ1) is 16.3. The first kappa shape index (κ1) is 23.6. The van der Waals surface area contributed by atoms with Gasteiger partial charge in [-0.1, -0.05) is 48.2 Å². The summed E-state index contributed by atoms with van der Waals surface area (Å²) >= 11 is 1.25. The monoisotopic (exact) mass is 476 g/mol. The molecule has 0 aliphatic rings. The van der Waals surface area contributed by atoms with Crippen LogP contribution in [0, 0.1) is 6.92 Å². The van der Waals surface area contributed by atoms with Crippen molar-refractivity contribution in [3.05, 3.63) is 70.6 Å². The van der Waals surface area contributed by atoms with Crippen LogP contribution >= 0.6 is 11.8 Å². The molecule has 0 unspecified atom stereocenters. The van der Waals surface area contributed by atoms with Crippen molar-refractivity contribution < 1.29 is 9.53 Å². The Morgan fingerprint density at radius 2 is 1.91 bits per heavy atom. The van der Waals surface area contributed by atoms with Crippen LogP contribution in [0.25, 0.3) is 22.2 Å². The van der Waals surface area contributed by atoms with Crippen molar-refractivity contribution in [3.8, 4) is 16.9 Å². The third-order valence-electron chi connectivity index (χ3n) is 5.55. The van der Waals surface area contributed by atoms with E-state index in [9.17, 15) is 9.59 Å². The first-order valence-electron chi connectivity index (χ1n) is 11.0. The summed E-state index contributed by atoms with van der Waals surface area (Å²) in [6.45, 7) is 5.84. The van der Waals surface area contributed by atoms with Gasteiger partial charge in [0.15, 0.2) is 5.16 Å². The molecular weight excluding hydrogens is 448 g/mol. The molecule has 0 spiro atoms. The quantitative estimate of drug-likeness (QED) is 0.299. The minimum Gasteiger partial charge on any atom is -0.495 e. The van der Waals surface area contributed by atoms with Crippen molar-refractivity contribution in [1.82, 2.24) is 14.1 Å². The van der Waals surface area contributed by atoms with Crippen LogP contribution in [-0.2, 0) is 11.8 Å². The molecule has 0 aliphatic heterocycles. The number of nitrogens with one attached hydrogen (secondary N) is 1. The van der Waals surface area contributed by atoms with Crippen molar-refractivity contribution in [3.63, 3.8) is 0 Å². The SMILES string of the molecule is COc1ccc(C)cc1NC(=O)CSc1nc2c(-c3ccccc3)cn(C)c2c(=O)n1C(C)C. The van der Waals surface area contributed by atoms with Crippen molar-refractivity contribution in [1.29, 1.82) is 0 Å². The molecule has 8 heteroatoms. The Morgan fingerprint density at radius 3 is 2.59 bits per heavy atom. The number of aromatic nitrogens is 3. The third kappa shape index (κ3) is 4.59. The van der Waals surface area contributed by atoms with E-state index in [1.807, 2.05) is 87.1 Å². The van der Waals surface area contributed by atoms with Crippen LogP contribution in [0.1, 0.15) is 25.5 Å². The molecule has 0 saturated carbocycles. The molecule has 2 aromatic carbocycles. The van der Waals surface area contributed by atoms with E-state index in [1.54, 1.807) is 11.7 Å². The Bertz CT molecular complexity index is 1410. The van der Waals surface area contributed by atoms with E-state index in [0.717, 1.165) is 16.7 Å². The van der Waals surface area contributed by atoms with Gasteiger partial charge in [-0.2, -0.15) is 0 Å². The summed E-state index contributed by atoms with van der Waals surface area (Å²) < 4.78 is 8.84. The fraction of sp³-hybridized carbons (Fsp3) is 0.269. The van der Waals surface area contributed by atoms with Gasteiger partial charge in [0.2, 0.25) is 5.91 Å². The van der Waals surface area contributed by atoms with Crippen molar-refractivity contribution in [2.24, 2.45) is 7.05 Å². The van der Waals surface area contributed by atoms with Gasteiger partial charge in [0.25, 0.3) is 5.56 Å². The van der Waals surface area contributed by atoms with Gasteiger partial charge in [0.05, 0.1) is 18.6 Å². The second kappa shape index (κ2) is 9.77. The maximum Gasteiger partial charge on any atom is 0.278 e. The number of carbonyl (C=O) groups is 1. The number of methoxy groups -OCH3 is 1. The van der Waals surface area contributed by atoms with Gasteiger partial charge >= 0.3 is 0 Å². The molecule has 1 N–H and O–H groups in total. The van der Waals surface area contributed by atoms with Crippen molar-refractivity contribution in [2.75, 3.05) is 18.2 Å². The standard InChI is InChI=1S/C26H28N4O3S/c1-16(2)30-25(32)24-23(19(14-29(24)4)18-9-7-6-8-10-18)28-26(30)34-15-22(31)27-20-13-17(3)11-12-21(20)33-5/h6-14,16H,15H2,1-5H3,(H,27,31). The lowest BCUT2D eigenvalue weighted by Gasteiger charge is -2.16. The van der Waals surface area contributed by atoms with E-state index in [2.05, 4.69) is 5.32 Å². The number of amides is 1. The molecule has 0 bridgehead atoms. The number of ether oxygens (including phenoxy) is 1. The minimum absolute atomic E-state index is 0.106. The van der Waals surface area contributed by atoms with Crippen LogP contribution in [0.4, 0.5) is 5.69 Å². The van der Waals surface area contributed by atoms with E-state index in [-0.39, 0.29) is 23.3 Å². The normalized spacial score (nSPS) is 11.2. The Hall–Kier alpha value is -3.52. The summed E-state index contributed by atoms with van der Waals surface area (Å²) in [5.74, 6) is 0.504. The summed E-state index contributed by atoms with van der Waals surface area (Å²) in [5.41, 5.74) is 4.58. The lowest BCUT2D eigenvalue weighted by molar-refractivity contribution is -0.113. The number of benzene rings is 2. The Morgan fingerprint density at radius 1 is 1.18 bits per heavy atom. The molecule has 2 heterocycles. The lowest BCUT2D eigenvalue weighted by atomic mass is 10.1. The number of aryl methyl sites for hydroxylation is 2. The zero-order chi connectivity index (χ0) is 24.4. The summed E-state index contributed by atoms with van der Waals surface area (Å²) in [5, 5.41) is 3.43. The largest absolute Gasteiger partial charge is 0.495 e. The number of nitrogens with zero attached hydrogens (tertiary/aromatic N) is 3. The van der Waals surface area contributed by atoms with Crippen LogP contribution in [0.2, 0.25) is 0 Å². The van der Waals surface area contributed by atoms with E-state index in [4.69, 9.17) is 9.72 Å². The number of hydrogen-bond acceptors (Lipinski definition) is 5. The topological polar surface area (TPSA) is 78.2 Å². The fourth-order valence-electron chi connectivity index (χ4n) is 3.95. The molecule has 4 rings (SSSR count). The molecule has 0 atom stereocenters. The Labute approximate surface area is 202 Å². The van der Waals surface area contributed by atoms with Gasteiger partial charge in [-0.15, -0.1) is 0 Å². The highest BCUT2D eigenvalue weighted by Crippen LogP contribution is 2.30. The van der Waals surface area contributed by atoms with Gasteiger partial charge in [-0.25, -0.2) is 4.98 Å². The van der Waals surface area contributed by atoms with E-state index in [0.29, 0.717) is 27.6 Å². The Balaban J connectivity index is 1.69. The number of rotatable bonds is 7. The molecule has 0 aliphatic carbocycles. The van der Waals surface area contributed by atoms with E-state index in [1.165, 1.54) is 11.8 Å². The third-order valence-corrected chi connectivity index (χ3v) is 6.51. The average molecular weight is 477 g/mol. The van der Waals surface area contributed by atoms with Crippen molar-refractivity contribution in [2.45, 2.75) is 32.0 Å². The zero-order valence-corrected chi connectivity index (χ0v) is 20.8. The number of fused-ring (bicyclic) bond motifs is 1. The van der Waals surface area contributed by atoms with Crippen LogP contribution in [0.5, 0.6) is 5.75 Å². The maximum atomic E-state index is 13.5. The van der Waals surface area contributed by atoms with Crippen LogP contribution in [0.3, 0.4) is 0 Å². The molecule has 0 saturated heterocycles. The number of anilines is 1. The average Bonchev–Trinajstić information content (AvgIpc) is 3.14.